The van der Waals surface area contributed by atoms with E-state index in [1.165, 1.54) is 19.1 Å². The van der Waals surface area contributed by atoms with Crippen molar-refractivity contribution < 1.29 is 22.7 Å². The Morgan fingerprint density at radius 2 is 1.58 bits per heavy atom. The van der Waals surface area contributed by atoms with Crippen molar-refractivity contribution in [1.82, 2.24) is 4.72 Å². The molecular weight excluding hydrogens is 462 g/mol. The first-order valence-electron chi connectivity index (χ1n) is 10.4. The van der Waals surface area contributed by atoms with Gasteiger partial charge in [0, 0.05) is 12.1 Å². The van der Waals surface area contributed by atoms with Crippen LogP contribution in [0.5, 0.6) is 0 Å². The molecule has 3 rings (SSSR count). The minimum Gasteiger partial charge on any atom is -0.451 e. The fourth-order valence-corrected chi connectivity index (χ4v) is 4.65. The molecule has 1 N–H and O–H groups in total. The van der Waals surface area contributed by atoms with Crippen LogP contribution in [0.3, 0.4) is 0 Å². The van der Waals surface area contributed by atoms with Crippen LogP contribution < -0.4 is 4.72 Å². The zero-order valence-electron chi connectivity index (χ0n) is 18.2. The Kier molecular flexibility index (Phi) is 8.02. The Balaban J connectivity index is 1.73. The predicted octanol–water partition coefficient (Wildman–Crippen LogP) is 4.81. The van der Waals surface area contributed by atoms with Crippen LogP contribution in [0.1, 0.15) is 45.7 Å². The summed E-state index contributed by atoms with van der Waals surface area (Å²) in [6, 6.07) is 19.9. The predicted molar refractivity (Wildman–Crippen MR) is 127 cm³/mol. The van der Waals surface area contributed by atoms with Gasteiger partial charge in [-0.05, 0) is 42.7 Å². The lowest BCUT2D eigenvalue weighted by atomic mass is 10.0. The minimum atomic E-state index is -4.00. The molecule has 0 saturated heterocycles. The number of sulfonamides is 1. The van der Waals surface area contributed by atoms with E-state index in [0.29, 0.717) is 5.56 Å². The van der Waals surface area contributed by atoms with Crippen LogP contribution in [0.4, 0.5) is 0 Å². The molecule has 0 radical (unpaired) electrons. The summed E-state index contributed by atoms with van der Waals surface area (Å²) < 4.78 is 33.3. The Morgan fingerprint density at radius 3 is 2.21 bits per heavy atom. The van der Waals surface area contributed by atoms with Crippen LogP contribution in [-0.2, 0) is 27.7 Å². The maximum absolute atomic E-state index is 12.8. The summed E-state index contributed by atoms with van der Waals surface area (Å²) in [6.45, 7) is 3.55. The second-order valence-corrected chi connectivity index (χ2v) is 9.56. The minimum absolute atomic E-state index is 0.0273. The maximum Gasteiger partial charge on any atom is 0.338 e. The summed E-state index contributed by atoms with van der Waals surface area (Å²) in [6.07, 6.45) is -0.196. The van der Waals surface area contributed by atoms with Gasteiger partial charge in [-0.25, -0.2) is 17.9 Å². The Bertz CT molecular complexity index is 1240. The van der Waals surface area contributed by atoms with Gasteiger partial charge in [0.05, 0.1) is 10.6 Å². The van der Waals surface area contributed by atoms with Gasteiger partial charge in [0.2, 0.25) is 15.8 Å². The van der Waals surface area contributed by atoms with Gasteiger partial charge in [0.1, 0.15) is 4.90 Å². The normalized spacial score (nSPS) is 12.2. The zero-order chi connectivity index (χ0) is 24.0. The fraction of sp³-hybridized carbons (Fsp3) is 0.200. The van der Waals surface area contributed by atoms with Gasteiger partial charge in [0.25, 0.3) is 0 Å². The molecule has 0 spiro atoms. The van der Waals surface area contributed by atoms with Gasteiger partial charge in [-0.1, -0.05) is 73.1 Å². The average molecular weight is 486 g/mol. The van der Waals surface area contributed by atoms with E-state index in [9.17, 15) is 18.0 Å². The van der Waals surface area contributed by atoms with Gasteiger partial charge in [-0.3, -0.25) is 4.79 Å². The van der Waals surface area contributed by atoms with E-state index < -0.39 is 22.1 Å². The molecule has 33 heavy (non-hydrogen) atoms. The molecule has 0 amide bonds. The van der Waals surface area contributed by atoms with Gasteiger partial charge in [0.15, 0.2) is 6.10 Å². The second-order valence-electron chi connectivity index (χ2n) is 7.42. The number of aryl methyl sites for hydroxylation is 1. The zero-order valence-corrected chi connectivity index (χ0v) is 19.8. The molecular formula is C25H24ClNO5S. The number of esters is 1. The van der Waals surface area contributed by atoms with Crippen LogP contribution in [0.15, 0.2) is 77.7 Å². The monoisotopic (exact) mass is 485 g/mol. The topological polar surface area (TPSA) is 89.5 Å². The molecule has 3 aromatic rings. The summed E-state index contributed by atoms with van der Waals surface area (Å²) in [4.78, 5) is 25.0. The smallest absolute Gasteiger partial charge is 0.338 e. The maximum atomic E-state index is 12.8. The van der Waals surface area contributed by atoms with Gasteiger partial charge in [-0.2, -0.15) is 0 Å². The van der Waals surface area contributed by atoms with Gasteiger partial charge in [-0.15, -0.1) is 0 Å². The van der Waals surface area contributed by atoms with Crippen molar-refractivity contribution in [3.63, 3.8) is 0 Å². The number of Topliss-reactive ketones (excluding diaryl/α,β-unsaturated/α-hetero) is 1. The molecule has 0 saturated carbocycles. The van der Waals surface area contributed by atoms with Crippen LogP contribution >= 0.6 is 11.6 Å². The molecule has 0 heterocycles. The highest BCUT2D eigenvalue weighted by atomic mass is 35.5. The number of ketones is 1. The summed E-state index contributed by atoms with van der Waals surface area (Å²) in [7, 11) is -4.00. The van der Waals surface area contributed by atoms with Crippen molar-refractivity contribution in [2.75, 3.05) is 0 Å². The van der Waals surface area contributed by atoms with E-state index in [2.05, 4.69) is 4.72 Å². The van der Waals surface area contributed by atoms with Crippen molar-refractivity contribution >= 4 is 33.4 Å². The van der Waals surface area contributed by atoms with Crippen LogP contribution in [0.2, 0.25) is 5.02 Å². The number of benzene rings is 3. The van der Waals surface area contributed by atoms with Crippen molar-refractivity contribution in [3.8, 4) is 0 Å². The van der Waals surface area contributed by atoms with Crippen molar-refractivity contribution in [2.45, 2.75) is 37.8 Å². The second kappa shape index (κ2) is 10.7. The molecule has 172 valence electrons. The molecule has 0 fully saturated rings. The van der Waals surface area contributed by atoms with E-state index in [1.54, 1.807) is 36.4 Å². The highest BCUT2D eigenvalue weighted by molar-refractivity contribution is 7.89. The average Bonchev–Trinajstić information content (AvgIpc) is 2.83. The molecule has 6 nitrogen and oxygen atoms in total. The highest BCUT2D eigenvalue weighted by Crippen LogP contribution is 2.24. The Morgan fingerprint density at radius 1 is 0.939 bits per heavy atom. The SMILES string of the molecule is CCc1ccc(C(=O)C(C)OC(=O)c2ccc(Cl)c(S(=O)(=O)NCc3ccccc3)c2)cc1. The lowest BCUT2D eigenvalue weighted by molar-refractivity contribution is 0.0318. The summed E-state index contributed by atoms with van der Waals surface area (Å²) in [5.41, 5.74) is 2.26. The van der Waals surface area contributed by atoms with E-state index in [1.807, 2.05) is 25.1 Å². The third-order valence-electron chi connectivity index (χ3n) is 5.07. The number of carbonyl (C=O) groups excluding carboxylic acids is 2. The first-order chi connectivity index (χ1) is 15.7. The molecule has 0 aliphatic heterocycles. The Hall–Kier alpha value is -3.00. The summed E-state index contributed by atoms with van der Waals surface area (Å²) in [5, 5.41) is -0.0350. The molecule has 0 aromatic heterocycles. The summed E-state index contributed by atoms with van der Waals surface area (Å²) in [5.74, 6) is -1.17. The van der Waals surface area contributed by atoms with Crippen molar-refractivity contribution in [3.05, 3.63) is 100 Å². The molecule has 8 heteroatoms. The molecule has 0 bridgehead atoms. The van der Waals surface area contributed by atoms with Crippen molar-refractivity contribution in [1.29, 1.82) is 0 Å². The number of rotatable bonds is 9. The number of halogens is 1. The van der Waals surface area contributed by atoms with Crippen molar-refractivity contribution in [2.24, 2.45) is 0 Å². The number of ether oxygens (including phenoxy) is 1. The summed E-state index contributed by atoms with van der Waals surface area (Å²) >= 11 is 6.10. The molecule has 1 atom stereocenters. The largest absolute Gasteiger partial charge is 0.451 e. The molecule has 3 aromatic carbocycles. The van der Waals surface area contributed by atoms with Gasteiger partial charge < -0.3 is 4.74 Å². The number of hydrogen-bond donors (Lipinski definition) is 1. The molecule has 1 unspecified atom stereocenters. The van der Waals surface area contributed by atoms with E-state index in [0.717, 1.165) is 23.6 Å². The van der Waals surface area contributed by atoms with Gasteiger partial charge >= 0.3 is 5.97 Å². The van der Waals surface area contributed by atoms with Crippen LogP contribution in [0, 0.1) is 0 Å². The first-order valence-corrected chi connectivity index (χ1v) is 12.2. The van der Waals surface area contributed by atoms with E-state index in [4.69, 9.17) is 16.3 Å². The standard InChI is InChI=1S/C25H24ClNO5S/c1-3-18-9-11-20(12-10-18)24(28)17(2)32-25(29)21-13-14-22(26)23(15-21)33(30,31)27-16-19-7-5-4-6-8-19/h4-15,17,27H,3,16H2,1-2H3. The third kappa shape index (κ3) is 6.28. The van der Waals surface area contributed by atoms with E-state index >= 15 is 0 Å². The number of hydrogen-bond acceptors (Lipinski definition) is 5. The lowest BCUT2D eigenvalue weighted by Crippen LogP contribution is -2.25. The van der Waals surface area contributed by atoms with Crippen LogP contribution in [0.25, 0.3) is 0 Å². The molecule has 0 aliphatic carbocycles. The first kappa shape index (κ1) is 24.6. The quantitative estimate of drug-likeness (QED) is 0.347. The third-order valence-corrected chi connectivity index (χ3v) is 6.95. The number of carbonyl (C=O) groups is 2. The molecule has 0 aliphatic rings. The Labute approximate surface area is 198 Å². The lowest BCUT2D eigenvalue weighted by Gasteiger charge is -2.14. The highest BCUT2D eigenvalue weighted by Gasteiger charge is 2.24. The van der Waals surface area contributed by atoms with Crippen LogP contribution in [-0.4, -0.2) is 26.3 Å². The van der Waals surface area contributed by atoms with E-state index in [-0.39, 0.29) is 27.8 Å². The number of nitrogens with one attached hydrogen (secondary N) is 1. The fourth-order valence-electron chi connectivity index (χ4n) is 3.11.